The molecular formula is C20H23ClN6. The molecule has 1 aromatic carbocycles. The molecule has 6 nitrogen and oxygen atoms in total. The molecule has 1 aliphatic rings. The lowest BCUT2D eigenvalue weighted by molar-refractivity contribution is 0.270. The Hall–Kier alpha value is -2.44. The molecule has 3 aromatic rings. The minimum absolute atomic E-state index is 0.658. The minimum Gasteiger partial charge on any atom is -0.365 e. The Balaban J connectivity index is 1.41. The van der Waals surface area contributed by atoms with E-state index in [4.69, 9.17) is 11.6 Å². The summed E-state index contributed by atoms with van der Waals surface area (Å²) in [4.78, 5) is 18.1. The molecule has 7 heteroatoms. The summed E-state index contributed by atoms with van der Waals surface area (Å²) in [5.74, 6) is 1.85. The zero-order valence-electron chi connectivity index (χ0n) is 15.4. The SMILES string of the molecule is CCN1CCN(c2ccc(CNc3ncnc4cc(Cl)ccc34)cn2)CC1. The van der Waals surface area contributed by atoms with Crippen LogP contribution >= 0.6 is 11.6 Å². The van der Waals surface area contributed by atoms with Crippen molar-refractivity contribution in [1.82, 2.24) is 19.9 Å². The highest BCUT2D eigenvalue weighted by molar-refractivity contribution is 6.31. The predicted molar refractivity (Wildman–Crippen MR) is 110 cm³/mol. The zero-order chi connectivity index (χ0) is 18.6. The summed E-state index contributed by atoms with van der Waals surface area (Å²) >= 11 is 6.04. The molecule has 1 saturated heterocycles. The molecule has 140 valence electrons. The molecule has 2 aromatic heterocycles. The number of rotatable bonds is 5. The molecule has 0 atom stereocenters. The Morgan fingerprint density at radius 2 is 1.89 bits per heavy atom. The van der Waals surface area contributed by atoms with Gasteiger partial charge in [-0.2, -0.15) is 0 Å². The van der Waals surface area contributed by atoms with Gasteiger partial charge in [-0.05, 0) is 36.4 Å². The predicted octanol–water partition coefficient (Wildman–Crippen LogP) is 3.43. The van der Waals surface area contributed by atoms with Gasteiger partial charge in [0.05, 0.1) is 5.52 Å². The fourth-order valence-corrected chi connectivity index (χ4v) is 3.52. The highest BCUT2D eigenvalue weighted by Gasteiger charge is 2.16. The number of pyridine rings is 1. The third kappa shape index (κ3) is 4.12. The number of likely N-dealkylation sites (N-methyl/N-ethyl adjacent to an activating group) is 1. The molecule has 1 N–H and O–H groups in total. The number of benzene rings is 1. The summed E-state index contributed by atoms with van der Waals surface area (Å²) in [5, 5.41) is 5.01. The first kappa shape index (κ1) is 17.9. The van der Waals surface area contributed by atoms with Gasteiger partial charge in [-0.3, -0.25) is 0 Å². The number of hydrogen-bond donors (Lipinski definition) is 1. The maximum atomic E-state index is 6.04. The lowest BCUT2D eigenvalue weighted by atomic mass is 10.2. The monoisotopic (exact) mass is 382 g/mol. The third-order valence-electron chi connectivity index (χ3n) is 5.01. The van der Waals surface area contributed by atoms with Crippen LogP contribution in [0.3, 0.4) is 0 Å². The van der Waals surface area contributed by atoms with Gasteiger partial charge >= 0.3 is 0 Å². The van der Waals surface area contributed by atoms with Crippen molar-refractivity contribution in [2.75, 3.05) is 42.9 Å². The van der Waals surface area contributed by atoms with Crippen LogP contribution in [0, 0.1) is 0 Å². The maximum absolute atomic E-state index is 6.04. The Kier molecular flexibility index (Phi) is 5.36. The Bertz CT molecular complexity index is 906. The highest BCUT2D eigenvalue weighted by atomic mass is 35.5. The van der Waals surface area contributed by atoms with Gasteiger partial charge in [0, 0.05) is 49.3 Å². The molecule has 3 heterocycles. The van der Waals surface area contributed by atoms with E-state index in [1.807, 2.05) is 24.4 Å². The van der Waals surface area contributed by atoms with Crippen molar-refractivity contribution >= 4 is 34.1 Å². The van der Waals surface area contributed by atoms with Gasteiger partial charge in [0.1, 0.15) is 18.0 Å². The van der Waals surface area contributed by atoms with Crippen molar-refractivity contribution < 1.29 is 0 Å². The van der Waals surface area contributed by atoms with Gasteiger partial charge in [0.25, 0.3) is 0 Å². The number of nitrogens with zero attached hydrogens (tertiary/aromatic N) is 5. The zero-order valence-corrected chi connectivity index (χ0v) is 16.2. The van der Waals surface area contributed by atoms with Crippen molar-refractivity contribution in [1.29, 1.82) is 0 Å². The second kappa shape index (κ2) is 8.06. The van der Waals surface area contributed by atoms with Crippen LogP contribution < -0.4 is 10.2 Å². The summed E-state index contributed by atoms with van der Waals surface area (Å²) in [6, 6.07) is 9.88. The van der Waals surface area contributed by atoms with Crippen LogP contribution in [0.2, 0.25) is 5.02 Å². The van der Waals surface area contributed by atoms with Gasteiger partial charge in [0.2, 0.25) is 0 Å². The Morgan fingerprint density at radius 1 is 1.04 bits per heavy atom. The molecule has 0 spiro atoms. The average Bonchev–Trinajstić information content (AvgIpc) is 2.72. The second-order valence-electron chi connectivity index (χ2n) is 6.68. The summed E-state index contributed by atoms with van der Waals surface area (Å²) < 4.78 is 0. The lowest BCUT2D eigenvalue weighted by Crippen LogP contribution is -2.46. The largest absolute Gasteiger partial charge is 0.365 e. The molecule has 0 amide bonds. The lowest BCUT2D eigenvalue weighted by Gasteiger charge is -2.34. The molecule has 4 rings (SSSR count). The van der Waals surface area contributed by atoms with Crippen molar-refractivity contribution in [3.05, 3.63) is 53.4 Å². The smallest absolute Gasteiger partial charge is 0.137 e. The number of hydrogen-bond acceptors (Lipinski definition) is 6. The summed E-state index contributed by atoms with van der Waals surface area (Å²) in [5.41, 5.74) is 1.95. The van der Waals surface area contributed by atoms with Crippen LogP contribution in [0.25, 0.3) is 10.9 Å². The van der Waals surface area contributed by atoms with Crippen LogP contribution in [0.4, 0.5) is 11.6 Å². The van der Waals surface area contributed by atoms with Crippen LogP contribution in [-0.2, 0) is 6.54 Å². The van der Waals surface area contributed by atoms with E-state index in [9.17, 15) is 0 Å². The molecule has 0 saturated carbocycles. The molecule has 1 fully saturated rings. The number of anilines is 2. The van der Waals surface area contributed by atoms with Crippen molar-refractivity contribution in [3.63, 3.8) is 0 Å². The van der Waals surface area contributed by atoms with Gasteiger partial charge < -0.3 is 15.1 Å². The fourth-order valence-electron chi connectivity index (χ4n) is 3.36. The fraction of sp³-hybridized carbons (Fsp3) is 0.350. The second-order valence-corrected chi connectivity index (χ2v) is 7.12. The normalized spacial score (nSPS) is 15.3. The van der Waals surface area contributed by atoms with Crippen LogP contribution in [-0.4, -0.2) is 52.6 Å². The first-order valence-corrected chi connectivity index (χ1v) is 9.67. The number of aromatic nitrogens is 3. The molecule has 0 radical (unpaired) electrons. The molecule has 0 aliphatic carbocycles. The van der Waals surface area contributed by atoms with Gasteiger partial charge in [-0.25, -0.2) is 15.0 Å². The molecule has 1 aliphatic heterocycles. The Morgan fingerprint density at radius 3 is 2.63 bits per heavy atom. The molecule has 27 heavy (non-hydrogen) atoms. The van der Waals surface area contributed by atoms with Gasteiger partial charge in [0.15, 0.2) is 0 Å². The Labute approximate surface area is 164 Å². The molecular weight excluding hydrogens is 360 g/mol. The number of halogens is 1. The van der Waals surface area contributed by atoms with E-state index in [1.165, 1.54) is 0 Å². The van der Waals surface area contributed by atoms with E-state index in [0.717, 1.165) is 60.8 Å². The van der Waals surface area contributed by atoms with E-state index in [-0.39, 0.29) is 0 Å². The van der Waals surface area contributed by atoms with Crippen LogP contribution in [0.1, 0.15) is 12.5 Å². The summed E-state index contributed by atoms with van der Waals surface area (Å²) in [6.45, 7) is 8.27. The van der Waals surface area contributed by atoms with Gasteiger partial charge in [-0.1, -0.05) is 24.6 Å². The van der Waals surface area contributed by atoms with Crippen LogP contribution in [0.5, 0.6) is 0 Å². The van der Waals surface area contributed by atoms with E-state index in [1.54, 1.807) is 6.33 Å². The topological polar surface area (TPSA) is 57.2 Å². The highest BCUT2D eigenvalue weighted by Crippen LogP contribution is 2.23. The summed E-state index contributed by atoms with van der Waals surface area (Å²) in [6.07, 6.45) is 3.49. The van der Waals surface area contributed by atoms with E-state index in [2.05, 4.69) is 49.1 Å². The van der Waals surface area contributed by atoms with Crippen LogP contribution in [0.15, 0.2) is 42.9 Å². The van der Waals surface area contributed by atoms with Crippen molar-refractivity contribution in [2.45, 2.75) is 13.5 Å². The number of nitrogens with one attached hydrogen (secondary N) is 1. The van der Waals surface area contributed by atoms with E-state index in [0.29, 0.717) is 11.6 Å². The quantitative estimate of drug-likeness (QED) is 0.729. The molecule has 0 unspecified atom stereocenters. The first-order chi connectivity index (χ1) is 13.2. The van der Waals surface area contributed by atoms with E-state index < -0.39 is 0 Å². The van der Waals surface area contributed by atoms with Gasteiger partial charge in [-0.15, -0.1) is 0 Å². The number of piperazine rings is 1. The standard InChI is InChI=1S/C20H23ClN6/c1-2-26-7-9-27(10-8-26)19-6-3-15(12-22-19)13-23-20-17-5-4-16(21)11-18(17)24-14-25-20/h3-6,11-12,14H,2,7-10,13H2,1H3,(H,23,24,25). The summed E-state index contributed by atoms with van der Waals surface area (Å²) in [7, 11) is 0. The van der Waals surface area contributed by atoms with Crippen molar-refractivity contribution in [2.24, 2.45) is 0 Å². The third-order valence-corrected chi connectivity index (χ3v) is 5.25. The maximum Gasteiger partial charge on any atom is 0.137 e. The minimum atomic E-state index is 0.658. The molecule has 0 bridgehead atoms. The average molecular weight is 383 g/mol. The van der Waals surface area contributed by atoms with E-state index >= 15 is 0 Å². The van der Waals surface area contributed by atoms with Crippen molar-refractivity contribution in [3.8, 4) is 0 Å². The first-order valence-electron chi connectivity index (χ1n) is 9.29. The number of fused-ring (bicyclic) bond motifs is 1.